The van der Waals surface area contributed by atoms with E-state index in [1.165, 1.54) is 50.4 Å². The van der Waals surface area contributed by atoms with Crippen LogP contribution >= 0.6 is 22.7 Å². The van der Waals surface area contributed by atoms with Crippen molar-refractivity contribution in [3.05, 3.63) is 291 Å². The number of carbonyl (C=O) groups is 1. The van der Waals surface area contributed by atoms with E-state index in [9.17, 15) is 43.1 Å². The van der Waals surface area contributed by atoms with Gasteiger partial charge in [0.25, 0.3) is 0 Å². The summed E-state index contributed by atoms with van der Waals surface area (Å²) in [5, 5.41) is 69.7. The summed E-state index contributed by atoms with van der Waals surface area (Å²) in [6.45, 7) is 42.1. The van der Waals surface area contributed by atoms with E-state index in [4.69, 9.17) is 41.1 Å². The Kier molecular flexibility index (Phi) is 36.7. The van der Waals surface area contributed by atoms with Gasteiger partial charge in [-0.05, 0) is 112 Å². The number of hydrogen-bond donors (Lipinski definition) is 5. The Hall–Kier alpha value is -11.7. The van der Waals surface area contributed by atoms with Crippen molar-refractivity contribution < 1.29 is 57.3 Å². The number of phenols is 1. The Morgan fingerprint density at radius 1 is 0.748 bits per heavy atom. The molecule has 10 rings (SSSR count). The lowest BCUT2D eigenvalue weighted by atomic mass is 9.78. The van der Waals surface area contributed by atoms with Gasteiger partial charge in [0, 0.05) is 83.5 Å². The number of nitriles is 1. The number of halogens is 1. The molecule has 5 N–H and O–H groups in total. The van der Waals surface area contributed by atoms with Gasteiger partial charge in [-0.2, -0.15) is 10.4 Å². The smallest absolute Gasteiger partial charge is 0.311 e. The number of aliphatic hydroxyl groups excluding tert-OH is 4. The van der Waals surface area contributed by atoms with Crippen molar-refractivity contribution in [2.45, 2.75) is 170 Å². The second kappa shape index (κ2) is 45.9. The highest BCUT2D eigenvalue weighted by molar-refractivity contribution is 7.92. The minimum absolute atomic E-state index is 0.00758. The molecule has 0 radical (unpaired) electrons. The van der Waals surface area contributed by atoms with Crippen LogP contribution in [0.5, 0.6) is 11.5 Å². The Morgan fingerprint density at radius 2 is 1.36 bits per heavy atom. The van der Waals surface area contributed by atoms with Crippen molar-refractivity contribution in [1.29, 1.82) is 5.26 Å². The average molecular weight is 1720 g/mol. The molecule has 0 amide bonds. The SMILES string of the molecule is C=C(O)COc1cccc(-c2ccccc2-n2nc(-c3ccccc3)c(-c3ccccc3)c2CC)c1.C=C(O)C[C@H](O)C[C@H](O)/C=C/c1c(-c2ccc(F)cc2)nc(N(C)S(C)(=O)=O)nc1C(C)C.CO/C(=C\C(C)=O)[C@H](C)[C@H](/C=C/c1csc(-c2csc([C@@H](C)/C=C/C=C/C(C)C)n2)n1)OC.[C-]#[N+]C(C#N)Cc1cc(C(C)(C)C)c(O)c(C(C)(C)C)c1. The summed E-state index contributed by atoms with van der Waals surface area (Å²) >= 11 is 3.23. The number of benzene rings is 6. The molecule has 0 spiro atoms. The number of methoxy groups -OCH3 is 2. The van der Waals surface area contributed by atoms with Gasteiger partial charge >= 0.3 is 6.04 Å². The third-order valence-corrected chi connectivity index (χ3v) is 22.5. The minimum atomic E-state index is -3.63. The summed E-state index contributed by atoms with van der Waals surface area (Å²) in [6.07, 6.45) is 16.9. The van der Waals surface area contributed by atoms with Gasteiger partial charge in [0.1, 0.15) is 51.8 Å². The number of carbonyl (C=O) groups excluding carboxylic acids is 1. The lowest BCUT2D eigenvalue weighted by Crippen LogP contribution is -2.27. The quantitative estimate of drug-likeness (QED) is 0.0113. The number of thiazole rings is 2. The number of phenolic OH excluding ortho intramolecular Hbond substituents is 1. The van der Waals surface area contributed by atoms with Gasteiger partial charge in [-0.3, -0.25) is 9.64 Å². The monoisotopic (exact) mass is 1720 g/mol. The second-order valence-corrected chi connectivity index (χ2v) is 36.2. The summed E-state index contributed by atoms with van der Waals surface area (Å²) in [5.74, 6) is 1.43. The van der Waals surface area contributed by atoms with Crippen LogP contribution in [-0.4, -0.2) is 128 Å². The van der Waals surface area contributed by atoms with E-state index in [0.717, 1.165) is 100.0 Å². The largest absolute Gasteiger partial charge is 0.513 e. The predicted molar refractivity (Wildman–Crippen MR) is 498 cm³/mol. The molecular weight excluding hydrogens is 1610 g/mol. The maximum atomic E-state index is 13.5. The molecule has 1 unspecified atom stereocenters. The molecule has 10 aromatic rings. The van der Waals surface area contributed by atoms with E-state index in [2.05, 4.69) is 198 Å². The topological polar surface area (TPSA) is 281 Å². The number of rotatable bonds is 32. The molecule has 24 heteroatoms. The van der Waals surface area contributed by atoms with Crippen LogP contribution in [-0.2, 0) is 48.0 Å². The number of aliphatic hydroxyl groups is 4. The summed E-state index contributed by atoms with van der Waals surface area (Å²) in [7, 11) is 0.923. The number of allylic oxidation sites excluding steroid dienone is 5. The molecule has 0 saturated carbocycles. The second-order valence-electron chi connectivity index (χ2n) is 32.4. The standard InChI is InChI=1S/C32H28N2O2.C26H34N2O3S2.C23H30FN3O5S.C18H24N2O/c1-3-29-31(24-13-6-4-7-14-24)32(25-15-8-5-9-16-25)33-34(29)30-20-11-10-19-28(30)26-17-12-18-27(21-26)36-22-23(2)35;1-17(2)10-8-9-11-18(3)25-28-22(16-33-25)26-27-21(15-32-26)12-13-23(30-6)20(5)24(31-7)14-19(4)29;1-14(2)21-20(11-10-18(29)13-19(30)12-15(3)28)22(16-6-8-17(24)9-7-16)26-23(25-21)27(4)33(5,31)32;1-17(2,3)14-9-12(8-13(11-19)20-7)10-15(16(14)21)18(4,5)6/h4-21,35H,2-3,22H2,1H3;8-18,20,23H,1-7H3;6-11,14,18-19,28-30H,3,12-13H2,1-2,4-5H3;9-10,13,21H,8H2,1-6H3/b;10-8+,11-9+,13-12+,24-14-;11-10+;/t;18-,20+,23-;18-,19+;/m.01./s1. The van der Waals surface area contributed by atoms with E-state index in [-0.39, 0.29) is 77.4 Å². The number of aromatic nitrogens is 6. The molecule has 6 atom stereocenters. The normalized spacial score (nSPS) is 13.4. The average Bonchev–Trinajstić information content (AvgIpc) is 1.66. The molecule has 123 heavy (non-hydrogen) atoms. The Morgan fingerprint density at radius 3 is 1.92 bits per heavy atom. The van der Waals surface area contributed by atoms with Crippen molar-refractivity contribution >= 4 is 56.6 Å². The number of anilines is 1. The molecule has 0 bridgehead atoms. The first-order valence-corrected chi connectivity index (χ1v) is 44.1. The van der Waals surface area contributed by atoms with Crippen LogP contribution in [0.4, 0.5) is 10.3 Å². The van der Waals surface area contributed by atoms with Crippen LogP contribution in [0.1, 0.15) is 166 Å². The van der Waals surface area contributed by atoms with Gasteiger partial charge in [0.2, 0.25) is 16.0 Å². The van der Waals surface area contributed by atoms with Gasteiger partial charge in [-0.15, -0.1) is 22.7 Å². The molecule has 4 aromatic heterocycles. The molecule has 0 aliphatic carbocycles. The van der Waals surface area contributed by atoms with E-state index in [0.29, 0.717) is 52.1 Å². The van der Waals surface area contributed by atoms with Gasteiger partial charge in [-0.1, -0.05) is 249 Å². The Bertz CT molecular complexity index is 5520. The highest BCUT2D eigenvalue weighted by Gasteiger charge is 2.30. The van der Waals surface area contributed by atoms with Gasteiger partial charge in [0.05, 0.1) is 77.3 Å². The van der Waals surface area contributed by atoms with Crippen LogP contribution in [0.25, 0.3) is 78.2 Å². The van der Waals surface area contributed by atoms with Crippen LogP contribution in [0.15, 0.2) is 229 Å². The molecule has 0 saturated heterocycles. The fourth-order valence-electron chi connectivity index (χ4n) is 13.0. The van der Waals surface area contributed by atoms with E-state index < -0.39 is 34.1 Å². The molecule has 0 aliphatic rings. The number of sulfonamides is 1. The molecule has 0 fully saturated rings. The van der Waals surface area contributed by atoms with Crippen molar-refractivity contribution in [3.63, 3.8) is 0 Å². The summed E-state index contributed by atoms with van der Waals surface area (Å²) in [4.78, 5) is 33.2. The molecular formula is C99H116FN9O11S3. The summed E-state index contributed by atoms with van der Waals surface area (Å²) in [6, 6.07) is 47.8. The number of ether oxygens (including phenoxy) is 3. The fraction of sp³-hybridized carbons (Fsp3) is 0.333. The number of hydrogen-bond acceptors (Lipinski definition) is 19. The highest BCUT2D eigenvalue weighted by Crippen LogP contribution is 2.43. The van der Waals surface area contributed by atoms with Crippen LogP contribution in [0.2, 0.25) is 0 Å². The maximum absolute atomic E-state index is 13.5. The van der Waals surface area contributed by atoms with Gasteiger partial charge in [-0.25, -0.2) is 48.3 Å². The first kappa shape index (κ1) is 98.4. The van der Waals surface area contributed by atoms with Crippen molar-refractivity contribution in [2.75, 3.05) is 38.4 Å². The molecule has 648 valence electrons. The fourth-order valence-corrected chi connectivity index (χ4v) is 15.0. The maximum Gasteiger partial charge on any atom is 0.311 e. The zero-order chi connectivity index (χ0) is 90.6. The first-order valence-electron chi connectivity index (χ1n) is 40.5. The van der Waals surface area contributed by atoms with E-state index in [1.54, 1.807) is 43.0 Å². The lowest BCUT2D eigenvalue weighted by molar-refractivity contribution is -0.112. The van der Waals surface area contributed by atoms with Gasteiger partial charge < -0.3 is 39.7 Å². The number of para-hydroxylation sites is 1. The van der Waals surface area contributed by atoms with Crippen LogP contribution in [0, 0.1) is 35.6 Å². The number of aromatic hydroxyl groups is 1. The van der Waals surface area contributed by atoms with Crippen molar-refractivity contribution in [3.8, 4) is 78.7 Å². The summed E-state index contributed by atoms with van der Waals surface area (Å²) in [5.41, 5.74) is 14.5. The van der Waals surface area contributed by atoms with E-state index in [1.807, 2.05) is 99.0 Å². The van der Waals surface area contributed by atoms with Crippen LogP contribution < -0.4 is 9.04 Å². The minimum Gasteiger partial charge on any atom is -0.513 e. The molecule has 4 heterocycles. The molecule has 6 aromatic carbocycles. The van der Waals surface area contributed by atoms with Crippen LogP contribution in [0.3, 0.4) is 0 Å². The number of ketones is 1. The van der Waals surface area contributed by atoms with Crippen molar-refractivity contribution in [1.82, 2.24) is 29.7 Å². The van der Waals surface area contributed by atoms with Gasteiger partial charge in [0.15, 0.2) is 11.9 Å². The summed E-state index contributed by atoms with van der Waals surface area (Å²) < 4.78 is 57.4. The zero-order valence-corrected chi connectivity index (χ0v) is 76.0. The van der Waals surface area contributed by atoms with E-state index >= 15 is 0 Å². The Balaban J connectivity index is 0.000000229. The molecule has 0 aliphatic heterocycles. The first-order chi connectivity index (χ1) is 58.2. The Labute approximate surface area is 733 Å². The number of nitrogens with zero attached hydrogens (tertiary/aromatic N) is 9. The zero-order valence-electron chi connectivity index (χ0n) is 73.6. The molecule has 20 nitrogen and oxygen atoms in total. The predicted octanol–water partition coefficient (Wildman–Crippen LogP) is 22.5. The highest BCUT2D eigenvalue weighted by atomic mass is 32.2. The third-order valence-electron chi connectivity index (χ3n) is 19.4. The third kappa shape index (κ3) is 29.0. The van der Waals surface area contributed by atoms with Crippen molar-refractivity contribution in [2.24, 2.45) is 11.8 Å². The lowest BCUT2D eigenvalue weighted by Gasteiger charge is -2.28.